The molecule has 1 aromatic carbocycles. The van der Waals surface area contributed by atoms with Gasteiger partial charge in [0.05, 0.1) is 27.7 Å². The van der Waals surface area contributed by atoms with E-state index in [0.29, 0.717) is 28.5 Å². The molecular formula is C10H9Cl3N2O. The Hall–Kier alpha value is -0.480. The highest BCUT2D eigenvalue weighted by molar-refractivity contribution is 6.42. The maximum absolute atomic E-state index is 6.02. The predicted octanol–water partition coefficient (Wildman–Crippen LogP) is 3.64. The van der Waals surface area contributed by atoms with Crippen molar-refractivity contribution in [2.75, 3.05) is 13.7 Å². The van der Waals surface area contributed by atoms with E-state index in [2.05, 4.69) is 4.98 Å². The quantitative estimate of drug-likeness (QED) is 0.857. The Morgan fingerprint density at radius 2 is 1.94 bits per heavy atom. The van der Waals surface area contributed by atoms with E-state index in [1.807, 2.05) is 4.57 Å². The molecule has 3 nitrogen and oxygen atoms in total. The van der Waals surface area contributed by atoms with Gasteiger partial charge in [0, 0.05) is 13.7 Å². The second kappa shape index (κ2) is 4.80. The lowest BCUT2D eigenvalue weighted by Gasteiger charge is -2.04. The first-order chi connectivity index (χ1) is 7.63. The van der Waals surface area contributed by atoms with Gasteiger partial charge in [0.15, 0.2) is 0 Å². The Balaban J connectivity index is 2.55. The SMILES string of the molecule is COCCn1c(Cl)nc2cc(Cl)c(Cl)cc21. The van der Waals surface area contributed by atoms with Crippen molar-refractivity contribution < 1.29 is 4.74 Å². The standard InChI is InChI=1S/C10H9Cl3N2O/c1-16-3-2-15-9-5-7(12)6(11)4-8(9)14-10(15)13/h4-5H,2-3H2,1H3. The van der Waals surface area contributed by atoms with Crippen LogP contribution < -0.4 is 0 Å². The van der Waals surface area contributed by atoms with Gasteiger partial charge in [-0.3, -0.25) is 0 Å². The molecule has 2 rings (SSSR count). The molecule has 0 spiro atoms. The summed E-state index contributed by atoms with van der Waals surface area (Å²) >= 11 is 17.9. The summed E-state index contributed by atoms with van der Waals surface area (Å²) in [5.41, 5.74) is 1.59. The fourth-order valence-corrected chi connectivity index (χ4v) is 2.07. The number of benzene rings is 1. The Morgan fingerprint density at radius 1 is 1.25 bits per heavy atom. The van der Waals surface area contributed by atoms with Crippen molar-refractivity contribution in [2.24, 2.45) is 0 Å². The van der Waals surface area contributed by atoms with Crippen molar-refractivity contribution in [3.8, 4) is 0 Å². The van der Waals surface area contributed by atoms with E-state index >= 15 is 0 Å². The molecule has 16 heavy (non-hydrogen) atoms. The fraction of sp³-hybridized carbons (Fsp3) is 0.300. The molecule has 0 fully saturated rings. The van der Waals surface area contributed by atoms with Crippen LogP contribution in [-0.4, -0.2) is 23.3 Å². The van der Waals surface area contributed by atoms with Crippen molar-refractivity contribution in [3.63, 3.8) is 0 Å². The van der Waals surface area contributed by atoms with Gasteiger partial charge in [-0.05, 0) is 23.7 Å². The van der Waals surface area contributed by atoms with Gasteiger partial charge in [-0.1, -0.05) is 23.2 Å². The predicted molar refractivity (Wildman–Crippen MR) is 66.6 cm³/mol. The first-order valence-corrected chi connectivity index (χ1v) is 5.76. The van der Waals surface area contributed by atoms with Gasteiger partial charge in [0.25, 0.3) is 0 Å². The van der Waals surface area contributed by atoms with Crippen LogP contribution in [-0.2, 0) is 11.3 Å². The van der Waals surface area contributed by atoms with Crippen LogP contribution in [0.4, 0.5) is 0 Å². The van der Waals surface area contributed by atoms with Crippen molar-refractivity contribution in [1.29, 1.82) is 0 Å². The molecule has 1 aromatic heterocycles. The number of nitrogens with zero attached hydrogens (tertiary/aromatic N) is 2. The maximum Gasteiger partial charge on any atom is 0.203 e. The van der Waals surface area contributed by atoms with Gasteiger partial charge in [0.2, 0.25) is 5.28 Å². The molecule has 0 aliphatic carbocycles. The molecular weight excluding hydrogens is 270 g/mol. The summed E-state index contributed by atoms with van der Waals surface area (Å²) in [6, 6.07) is 3.46. The Labute approximate surface area is 108 Å². The molecule has 0 N–H and O–H groups in total. The minimum Gasteiger partial charge on any atom is -0.383 e. The fourth-order valence-electron chi connectivity index (χ4n) is 1.49. The molecule has 0 bridgehead atoms. The van der Waals surface area contributed by atoms with Crippen LogP contribution >= 0.6 is 34.8 Å². The number of fused-ring (bicyclic) bond motifs is 1. The van der Waals surface area contributed by atoms with E-state index in [0.717, 1.165) is 11.0 Å². The maximum atomic E-state index is 6.02. The molecule has 0 unspecified atom stereocenters. The number of imidazole rings is 1. The zero-order valence-corrected chi connectivity index (χ0v) is 10.8. The molecule has 0 amide bonds. The third-order valence-electron chi connectivity index (χ3n) is 2.26. The molecule has 0 radical (unpaired) electrons. The summed E-state index contributed by atoms with van der Waals surface area (Å²) in [6.07, 6.45) is 0. The highest BCUT2D eigenvalue weighted by Crippen LogP contribution is 2.29. The molecule has 0 saturated heterocycles. The number of methoxy groups -OCH3 is 1. The first-order valence-electron chi connectivity index (χ1n) is 4.63. The Bertz CT molecular complexity index is 524. The highest BCUT2D eigenvalue weighted by atomic mass is 35.5. The number of hydrogen-bond donors (Lipinski definition) is 0. The largest absolute Gasteiger partial charge is 0.383 e. The molecule has 0 atom stereocenters. The molecule has 2 aromatic rings. The van der Waals surface area contributed by atoms with Gasteiger partial charge >= 0.3 is 0 Å². The van der Waals surface area contributed by atoms with Crippen molar-refractivity contribution in [2.45, 2.75) is 6.54 Å². The topological polar surface area (TPSA) is 27.1 Å². The summed E-state index contributed by atoms with van der Waals surface area (Å²) in [5, 5.41) is 1.37. The third kappa shape index (κ3) is 2.13. The average molecular weight is 280 g/mol. The van der Waals surface area contributed by atoms with Crippen molar-refractivity contribution in [3.05, 3.63) is 27.5 Å². The minimum atomic E-state index is 0.408. The van der Waals surface area contributed by atoms with Crippen LogP contribution in [0.2, 0.25) is 15.3 Å². The van der Waals surface area contributed by atoms with Crippen LogP contribution in [0.15, 0.2) is 12.1 Å². The number of hydrogen-bond acceptors (Lipinski definition) is 2. The van der Waals surface area contributed by atoms with Crippen LogP contribution in [0, 0.1) is 0 Å². The number of ether oxygens (including phenoxy) is 1. The average Bonchev–Trinajstić information content (AvgIpc) is 2.52. The van der Waals surface area contributed by atoms with Crippen molar-refractivity contribution >= 4 is 45.8 Å². The number of aromatic nitrogens is 2. The van der Waals surface area contributed by atoms with Gasteiger partial charge in [0.1, 0.15) is 0 Å². The van der Waals surface area contributed by atoms with Crippen LogP contribution in [0.25, 0.3) is 11.0 Å². The monoisotopic (exact) mass is 278 g/mol. The van der Waals surface area contributed by atoms with E-state index < -0.39 is 0 Å². The number of rotatable bonds is 3. The zero-order valence-electron chi connectivity index (χ0n) is 8.51. The van der Waals surface area contributed by atoms with E-state index in [-0.39, 0.29) is 0 Å². The zero-order chi connectivity index (χ0) is 11.7. The minimum absolute atomic E-state index is 0.408. The summed E-state index contributed by atoms with van der Waals surface area (Å²) < 4.78 is 6.84. The highest BCUT2D eigenvalue weighted by Gasteiger charge is 2.11. The lowest BCUT2D eigenvalue weighted by Crippen LogP contribution is -2.03. The molecule has 1 heterocycles. The van der Waals surface area contributed by atoms with Crippen molar-refractivity contribution in [1.82, 2.24) is 9.55 Å². The molecule has 0 aliphatic rings. The lowest BCUT2D eigenvalue weighted by molar-refractivity contribution is 0.188. The molecule has 0 saturated carbocycles. The molecule has 6 heteroatoms. The van der Waals surface area contributed by atoms with Gasteiger partial charge in [-0.15, -0.1) is 0 Å². The lowest BCUT2D eigenvalue weighted by atomic mass is 10.3. The third-order valence-corrected chi connectivity index (χ3v) is 3.27. The van der Waals surface area contributed by atoms with E-state index in [4.69, 9.17) is 39.5 Å². The second-order valence-electron chi connectivity index (χ2n) is 3.28. The summed E-state index contributed by atoms with van der Waals surface area (Å²) in [6.45, 7) is 1.19. The Morgan fingerprint density at radius 3 is 2.62 bits per heavy atom. The first kappa shape index (κ1) is 12.0. The number of halogens is 3. The smallest absolute Gasteiger partial charge is 0.203 e. The van der Waals surface area contributed by atoms with E-state index in [1.165, 1.54) is 0 Å². The van der Waals surface area contributed by atoms with E-state index in [9.17, 15) is 0 Å². The second-order valence-corrected chi connectivity index (χ2v) is 4.43. The summed E-state index contributed by atoms with van der Waals surface area (Å²) in [5.74, 6) is 0. The van der Waals surface area contributed by atoms with E-state index in [1.54, 1.807) is 19.2 Å². The van der Waals surface area contributed by atoms with Crippen LogP contribution in [0.3, 0.4) is 0 Å². The van der Waals surface area contributed by atoms with Gasteiger partial charge in [-0.25, -0.2) is 4.98 Å². The normalized spacial score (nSPS) is 11.2. The Kier molecular flexibility index (Phi) is 3.60. The van der Waals surface area contributed by atoms with Crippen LogP contribution in [0.5, 0.6) is 0 Å². The van der Waals surface area contributed by atoms with Gasteiger partial charge < -0.3 is 9.30 Å². The molecule has 86 valence electrons. The van der Waals surface area contributed by atoms with Gasteiger partial charge in [-0.2, -0.15) is 0 Å². The summed E-state index contributed by atoms with van der Waals surface area (Å²) in [7, 11) is 1.64. The van der Waals surface area contributed by atoms with Crippen LogP contribution in [0.1, 0.15) is 0 Å². The summed E-state index contributed by atoms with van der Waals surface area (Å²) in [4.78, 5) is 4.20. The molecule has 0 aliphatic heterocycles.